The molecule has 3 heterocycles. The van der Waals surface area contributed by atoms with Gasteiger partial charge in [-0.25, -0.2) is 9.78 Å². The van der Waals surface area contributed by atoms with E-state index in [1.807, 2.05) is 6.92 Å². The van der Waals surface area contributed by atoms with Gasteiger partial charge in [-0.1, -0.05) is 12.1 Å². The van der Waals surface area contributed by atoms with Crippen LogP contribution in [-0.2, 0) is 20.0 Å². The van der Waals surface area contributed by atoms with Gasteiger partial charge in [-0.15, -0.1) is 0 Å². The van der Waals surface area contributed by atoms with Crippen LogP contribution in [0.5, 0.6) is 0 Å². The Hall–Kier alpha value is -2.71. The van der Waals surface area contributed by atoms with Crippen LogP contribution in [0.15, 0.2) is 20.4 Å². The number of H-pyrrole nitrogens is 1. The minimum atomic E-state index is -0.499. The van der Waals surface area contributed by atoms with Gasteiger partial charge in [0, 0.05) is 13.5 Å². The van der Waals surface area contributed by atoms with Crippen LogP contribution in [0.4, 0.5) is 0 Å². The maximum Gasteiger partial charge on any atom is 0.329 e. The highest BCUT2D eigenvalue weighted by atomic mass is 16.5. The van der Waals surface area contributed by atoms with Gasteiger partial charge in [-0.2, -0.15) is 4.98 Å². The summed E-state index contributed by atoms with van der Waals surface area (Å²) in [6.07, 6.45) is 2.12. The molecule has 1 N–H and O–H groups in total. The fourth-order valence-corrected chi connectivity index (χ4v) is 1.96. The van der Waals surface area contributed by atoms with Crippen molar-refractivity contribution in [3.63, 3.8) is 0 Å². The molecule has 9 heteroatoms. The van der Waals surface area contributed by atoms with Crippen LogP contribution >= 0.6 is 0 Å². The Morgan fingerprint density at radius 1 is 1.40 bits per heavy atom. The van der Waals surface area contributed by atoms with Gasteiger partial charge in [0.25, 0.3) is 5.56 Å². The molecule has 104 valence electrons. The highest BCUT2D eigenvalue weighted by Gasteiger charge is 2.13. The monoisotopic (exact) mass is 276 g/mol. The highest BCUT2D eigenvalue weighted by molar-refractivity contribution is 5.69. The normalized spacial score (nSPS) is 11.3. The molecule has 20 heavy (non-hydrogen) atoms. The summed E-state index contributed by atoms with van der Waals surface area (Å²) in [6, 6.07) is 0. The Kier molecular flexibility index (Phi) is 2.74. The van der Waals surface area contributed by atoms with E-state index in [1.165, 1.54) is 10.9 Å². The summed E-state index contributed by atoms with van der Waals surface area (Å²) in [5.41, 5.74) is -0.367. The molecule has 0 amide bonds. The van der Waals surface area contributed by atoms with Gasteiger partial charge in [0.1, 0.15) is 0 Å². The molecule has 3 aromatic heterocycles. The average molecular weight is 276 g/mol. The van der Waals surface area contributed by atoms with Crippen molar-refractivity contribution < 1.29 is 4.52 Å². The number of hydrogen-bond donors (Lipinski definition) is 1. The molecule has 3 aromatic rings. The fraction of sp³-hybridized carbons (Fsp3) is 0.364. The number of fused-ring (bicyclic) bond motifs is 1. The number of aromatic nitrogens is 6. The lowest BCUT2D eigenvalue weighted by molar-refractivity contribution is 0.375. The first-order chi connectivity index (χ1) is 9.60. The number of nitrogens with zero attached hydrogens (tertiary/aromatic N) is 5. The van der Waals surface area contributed by atoms with E-state index in [2.05, 4.69) is 20.1 Å². The van der Waals surface area contributed by atoms with Crippen LogP contribution in [-0.4, -0.2) is 29.2 Å². The van der Waals surface area contributed by atoms with E-state index < -0.39 is 11.2 Å². The lowest BCUT2D eigenvalue weighted by atomic mass is 10.4. The molecule has 3 rings (SSSR count). The molecule has 0 fully saturated rings. The van der Waals surface area contributed by atoms with Gasteiger partial charge in [0.15, 0.2) is 17.0 Å². The van der Waals surface area contributed by atoms with Gasteiger partial charge >= 0.3 is 5.69 Å². The Bertz CT molecular complexity index is 884. The number of aromatic amines is 1. The van der Waals surface area contributed by atoms with Crippen molar-refractivity contribution >= 4 is 11.2 Å². The minimum Gasteiger partial charge on any atom is -0.339 e. The minimum absolute atomic E-state index is 0.251. The smallest absolute Gasteiger partial charge is 0.329 e. The Morgan fingerprint density at radius 3 is 2.90 bits per heavy atom. The van der Waals surface area contributed by atoms with Crippen LogP contribution in [0.1, 0.15) is 18.6 Å². The topological polar surface area (TPSA) is 112 Å². The number of aryl methyl sites for hydroxylation is 2. The Labute approximate surface area is 111 Å². The fourth-order valence-electron chi connectivity index (χ4n) is 1.96. The van der Waals surface area contributed by atoms with E-state index in [0.717, 1.165) is 0 Å². The van der Waals surface area contributed by atoms with Crippen molar-refractivity contribution in [2.24, 2.45) is 7.05 Å². The number of rotatable bonds is 3. The van der Waals surface area contributed by atoms with E-state index in [9.17, 15) is 9.59 Å². The van der Waals surface area contributed by atoms with Crippen LogP contribution in [0, 0.1) is 0 Å². The predicted molar refractivity (Wildman–Crippen MR) is 68.4 cm³/mol. The van der Waals surface area contributed by atoms with Crippen molar-refractivity contribution in [2.75, 3.05) is 0 Å². The van der Waals surface area contributed by atoms with E-state index >= 15 is 0 Å². The third kappa shape index (κ3) is 1.83. The molecular formula is C11H12N6O3. The van der Waals surface area contributed by atoms with Gasteiger partial charge in [-0.3, -0.25) is 14.3 Å². The molecule has 0 radical (unpaired) electrons. The maximum atomic E-state index is 11.9. The zero-order valence-electron chi connectivity index (χ0n) is 11.0. The van der Waals surface area contributed by atoms with E-state index in [-0.39, 0.29) is 6.54 Å². The standard InChI is InChI=1S/C11H12N6O3/c1-3-7-13-6(15-20-7)4-17-5-12-9-8(17)10(18)14-11(19)16(9)2/h5H,3-4H2,1-2H3,(H,14,18,19). The summed E-state index contributed by atoms with van der Waals surface area (Å²) < 4.78 is 7.87. The number of hydrogen-bond acceptors (Lipinski definition) is 6. The molecule has 9 nitrogen and oxygen atoms in total. The van der Waals surface area contributed by atoms with Crippen molar-refractivity contribution in [3.8, 4) is 0 Å². The molecule has 0 saturated carbocycles. The van der Waals surface area contributed by atoms with Crippen LogP contribution < -0.4 is 11.2 Å². The second kappa shape index (κ2) is 4.44. The molecule has 0 atom stereocenters. The Balaban J connectivity index is 2.11. The van der Waals surface area contributed by atoms with Crippen LogP contribution in [0.3, 0.4) is 0 Å². The van der Waals surface area contributed by atoms with Gasteiger partial charge in [-0.05, 0) is 0 Å². The number of imidazole rings is 1. The first-order valence-corrected chi connectivity index (χ1v) is 6.05. The maximum absolute atomic E-state index is 11.9. The summed E-state index contributed by atoms with van der Waals surface area (Å²) in [7, 11) is 1.54. The SMILES string of the molecule is CCc1nc(Cn2cnc3c2c(=O)[nH]c(=O)n3C)no1. The molecule has 0 saturated heterocycles. The molecule has 0 bridgehead atoms. The quantitative estimate of drug-likeness (QED) is 0.684. The van der Waals surface area contributed by atoms with Crippen molar-refractivity contribution in [1.82, 2.24) is 29.2 Å². The lowest BCUT2D eigenvalue weighted by Crippen LogP contribution is -2.29. The Morgan fingerprint density at radius 2 is 2.20 bits per heavy atom. The van der Waals surface area contributed by atoms with E-state index in [0.29, 0.717) is 29.3 Å². The van der Waals surface area contributed by atoms with Gasteiger partial charge in [0.2, 0.25) is 5.89 Å². The third-order valence-electron chi connectivity index (χ3n) is 3.00. The zero-order valence-corrected chi connectivity index (χ0v) is 11.0. The van der Waals surface area contributed by atoms with Crippen LogP contribution in [0.25, 0.3) is 11.2 Å². The van der Waals surface area contributed by atoms with Gasteiger partial charge in [0.05, 0.1) is 12.9 Å². The largest absolute Gasteiger partial charge is 0.339 e. The molecule has 0 aromatic carbocycles. The second-order valence-electron chi connectivity index (χ2n) is 4.32. The highest BCUT2D eigenvalue weighted by Crippen LogP contribution is 2.07. The molecule has 0 aliphatic carbocycles. The molecule has 0 unspecified atom stereocenters. The first-order valence-electron chi connectivity index (χ1n) is 6.05. The molecule has 0 aliphatic rings. The lowest BCUT2D eigenvalue weighted by Gasteiger charge is -2.00. The summed E-state index contributed by atoms with van der Waals surface area (Å²) in [5.74, 6) is 0.986. The predicted octanol–water partition coefficient (Wildman–Crippen LogP) is -0.583. The van der Waals surface area contributed by atoms with E-state index in [1.54, 1.807) is 11.6 Å². The second-order valence-corrected chi connectivity index (χ2v) is 4.32. The summed E-state index contributed by atoms with van der Waals surface area (Å²) in [6.45, 7) is 2.16. The average Bonchev–Trinajstić information content (AvgIpc) is 3.04. The van der Waals surface area contributed by atoms with Crippen molar-refractivity contribution in [3.05, 3.63) is 38.9 Å². The van der Waals surface area contributed by atoms with E-state index in [4.69, 9.17) is 4.52 Å². The third-order valence-corrected chi connectivity index (χ3v) is 3.00. The summed E-state index contributed by atoms with van der Waals surface area (Å²) >= 11 is 0. The first kappa shape index (κ1) is 12.3. The van der Waals surface area contributed by atoms with Crippen LogP contribution in [0.2, 0.25) is 0 Å². The number of nitrogens with one attached hydrogen (secondary N) is 1. The summed E-state index contributed by atoms with van der Waals surface area (Å²) in [4.78, 5) is 33.9. The van der Waals surface area contributed by atoms with Crippen molar-refractivity contribution in [2.45, 2.75) is 19.9 Å². The molecule has 0 aliphatic heterocycles. The summed E-state index contributed by atoms with van der Waals surface area (Å²) in [5, 5.41) is 3.82. The van der Waals surface area contributed by atoms with Crippen molar-refractivity contribution in [1.29, 1.82) is 0 Å². The molecular weight excluding hydrogens is 264 g/mol. The zero-order chi connectivity index (χ0) is 14.3. The molecule has 0 spiro atoms. The van der Waals surface area contributed by atoms with Gasteiger partial charge < -0.3 is 9.09 Å².